The van der Waals surface area contributed by atoms with Crippen LogP contribution in [0.3, 0.4) is 0 Å². The summed E-state index contributed by atoms with van der Waals surface area (Å²) in [7, 11) is -4.59. The Morgan fingerprint density at radius 2 is 1.34 bits per heavy atom. The number of anilines is 4. The Balaban J connectivity index is 1.33. The number of pyridine rings is 2. The fourth-order valence-corrected chi connectivity index (χ4v) is 7.84. The largest absolute Gasteiger partial charge is 0.474 e. The maximum Gasteiger partial charge on any atom is 0.474 e. The molecule has 1 saturated carbocycles. The molecule has 0 saturated heterocycles. The summed E-state index contributed by atoms with van der Waals surface area (Å²) < 4.78 is 148. The molecule has 352 valence electrons. The van der Waals surface area contributed by atoms with Crippen molar-refractivity contribution in [2.75, 3.05) is 32.6 Å². The van der Waals surface area contributed by atoms with Crippen LogP contribution in [0.15, 0.2) is 24.3 Å². The van der Waals surface area contributed by atoms with E-state index in [0.717, 1.165) is 17.2 Å². The minimum atomic E-state index is -5.01. The number of rotatable bonds is 18. The van der Waals surface area contributed by atoms with Crippen LogP contribution >= 0.6 is 0 Å². The number of nitrogens with zero attached hydrogens (tertiary/aromatic N) is 8. The minimum Gasteiger partial charge on any atom is -0.436 e. The lowest BCUT2D eigenvalue weighted by Crippen LogP contribution is -2.43. The number of nitrogens with one attached hydrogen (secondary N) is 4. The van der Waals surface area contributed by atoms with Crippen LogP contribution in [0.1, 0.15) is 69.3 Å². The SMILES string of the molecule is CCCCC[C@H](OC(=O)Nc1c(-c2ccc(NS(C)(=O)=O)c(C)n2)nn(C2CC2CCC(OC(=O)Nc2c(-c3ccc(NS(C)(=O)=O)c(C)n3)nnn2C)C(F)(F)F)[n+]1C)C(F)(F)F. The third kappa shape index (κ3) is 12.9. The molecule has 4 heterocycles. The van der Waals surface area contributed by atoms with Crippen molar-refractivity contribution in [3.8, 4) is 22.8 Å². The van der Waals surface area contributed by atoms with Crippen molar-refractivity contribution < 1.29 is 66.9 Å². The van der Waals surface area contributed by atoms with Crippen molar-refractivity contribution in [1.82, 2.24) is 34.9 Å². The standard InChI is InChI=1S/C36H46F6N12O8S2/c1-8-9-10-11-27(35(37,38)39)61-34(56)46-32-30(25-16-14-23(20(3)44-25)50-64(7,59)60)48-54(53(32)5)26-18-21(26)12-17-28(36(40,41)42)62-33(55)45-31-29(47-51-52(31)4)24-15-13-22(19(2)43-24)49-63(6,57)58/h13-16,21,26-28H,8-12,17-18H2,1-7H3,(H3,43,44,45,46,47,48,49,50,51,55,56)/p+1/t21?,26?,27-,28?/m0/s1. The number of carbonyl (C=O) groups excluding carboxylic acids is 2. The average molecular weight is 954 g/mol. The number of aromatic nitrogens is 8. The van der Waals surface area contributed by atoms with Crippen molar-refractivity contribution in [1.29, 1.82) is 0 Å². The smallest absolute Gasteiger partial charge is 0.436 e. The summed E-state index contributed by atoms with van der Waals surface area (Å²) in [5.74, 6) is -0.831. The first-order valence-corrected chi connectivity index (χ1v) is 23.3. The Morgan fingerprint density at radius 3 is 1.84 bits per heavy atom. The molecule has 4 aromatic rings. The summed E-state index contributed by atoms with van der Waals surface area (Å²) in [6.07, 6.45) is -15.8. The fourth-order valence-electron chi connectivity index (χ4n) is 6.61. The number of carbonyl (C=O) groups is 2. The topological polar surface area (TPSA) is 247 Å². The van der Waals surface area contributed by atoms with Gasteiger partial charge < -0.3 is 9.47 Å². The third-order valence-corrected chi connectivity index (χ3v) is 11.0. The zero-order valence-corrected chi connectivity index (χ0v) is 37.1. The second-order valence-electron chi connectivity index (χ2n) is 15.2. The number of halogens is 6. The van der Waals surface area contributed by atoms with Crippen molar-refractivity contribution in [3.63, 3.8) is 0 Å². The minimum absolute atomic E-state index is 0.0505. The highest BCUT2D eigenvalue weighted by atomic mass is 32.2. The number of hydrogen-bond acceptors (Lipinski definition) is 13. The molecule has 0 radical (unpaired) electrons. The monoisotopic (exact) mass is 953 g/mol. The van der Waals surface area contributed by atoms with E-state index in [1.807, 2.05) is 0 Å². The van der Waals surface area contributed by atoms with E-state index in [-0.39, 0.29) is 76.4 Å². The highest BCUT2D eigenvalue weighted by Gasteiger charge is 2.49. The Labute approximate surface area is 363 Å². The molecular weight excluding hydrogens is 907 g/mol. The van der Waals surface area contributed by atoms with E-state index in [0.29, 0.717) is 12.8 Å². The molecule has 0 bridgehead atoms. The van der Waals surface area contributed by atoms with E-state index in [1.54, 1.807) is 6.92 Å². The molecule has 4 atom stereocenters. The number of unbranched alkanes of at least 4 members (excludes halogenated alkanes) is 2. The molecule has 0 aliphatic heterocycles. The van der Waals surface area contributed by atoms with Crippen LogP contribution in [0.25, 0.3) is 22.8 Å². The summed E-state index contributed by atoms with van der Waals surface area (Å²) in [4.78, 5) is 36.0. The zero-order valence-electron chi connectivity index (χ0n) is 35.5. The fraction of sp³-hybridized carbons (Fsp3) is 0.556. The molecule has 3 unspecified atom stereocenters. The lowest BCUT2D eigenvalue weighted by molar-refractivity contribution is -0.746. The third-order valence-electron chi connectivity index (χ3n) is 9.85. The molecule has 0 aromatic carbocycles. The number of aryl methyl sites for hydroxylation is 3. The molecule has 20 nitrogen and oxygen atoms in total. The zero-order chi connectivity index (χ0) is 47.5. The van der Waals surface area contributed by atoms with Gasteiger partial charge in [-0.15, -0.1) is 5.10 Å². The Bertz CT molecular complexity index is 2590. The van der Waals surface area contributed by atoms with Crippen molar-refractivity contribution in [2.24, 2.45) is 20.0 Å². The molecular formula is C36H47F6N12O8S2+. The van der Waals surface area contributed by atoms with Gasteiger partial charge in [-0.05, 0) is 81.2 Å². The van der Waals surface area contributed by atoms with Gasteiger partial charge in [-0.1, -0.05) is 29.8 Å². The van der Waals surface area contributed by atoms with Crippen LogP contribution < -0.4 is 24.8 Å². The predicted molar refractivity (Wildman–Crippen MR) is 218 cm³/mol. The molecule has 64 heavy (non-hydrogen) atoms. The van der Waals surface area contributed by atoms with Gasteiger partial charge in [0.15, 0.2) is 17.6 Å². The first-order valence-electron chi connectivity index (χ1n) is 19.5. The molecule has 1 aliphatic rings. The van der Waals surface area contributed by atoms with E-state index < -0.39 is 81.6 Å². The highest BCUT2D eigenvalue weighted by Crippen LogP contribution is 2.47. The molecule has 28 heteroatoms. The molecule has 1 fully saturated rings. The number of hydrogen-bond donors (Lipinski definition) is 4. The average Bonchev–Trinajstić information content (AvgIpc) is 3.74. The lowest BCUT2D eigenvalue weighted by atomic mass is 10.1. The van der Waals surface area contributed by atoms with Crippen LogP contribution in [0.5, 0.6) is 0 Å². The number of ether oxygens (including phenoxy) is 2. The van der Waals surface area contributed by atoms with Crippen LogP contribution in [-0.2, 0) is 43.6 Å². The number of alkyl halides is 6. The first kappa shape index (κ1) is 49.2. The number of sulfonamides is 2. The van der Waals surface area contributed by atoms with E-state index >= 15 is 0 Å². The van der Waals surface area contributed by atoms with Crippen LogP contribution in [0, 0.1) is 19.8 Å². The first-order chi connectivity index (χ1) is 29.6. The summed E-state index contributed by atoms with van der Waals surface area (Å²) in [6, 6.07) is 4.87. The van der Waals surface area contributed by atoms with Gasteiger partial charge in [0, 0.05) is 7.05 Å². The van der Waals surface area contributed by atoms with Gasteiger partial charge in [0.2, 0.25) is 26.2 Å². The predicted octanol–water partition coefficient (Wildman–Crippen LogP) is 5.90. The maximum atomic E-state index is 14.3. The van der Waals surface area contributed by atoms with Crippen molar-refractivity contribution in [2.45, 2.75) is 96.3 Å². The van der Waals surface area contributed by atoms with Crippen molar-refractivity contribution >= 4 is 55.2 Å². The molecule has 1 aliphatic carbocycles. The van der Waals surface area contributed by atoms with Gasteiger partial charge in [-0.2, -0.15) is 31.0 Å². The van der Waals surface area contributed by atoms with E-state index in [2.05, 4.69) is 45.5 Å². The summed E-state index contributed by atoms with van der Waals surface area (Å²) >= 11 is 0. The van der Waals surface area contributed by atoms with E-state index in [4.69, 9.17) is 9.47 Å². The van der Waals surface area contributed by atoms with E-state index in [1.165, 1.54) is 61.7 Å². The normalized spacial score (nSPS) is 16.5. The summed E-state index contributed by atoms with van der Waals surface area (Å²) in [6.45, 7) is 4.77. The highest BCUT2D eigenvalue weighted by molar-refractivity contribution is 7.92. The van der Waals surface area contributed by atoms with Gasteiger partial charge in [-0.3, -0.25) is 14.8 Å². The molecule has 5 rings (SSSR count). The van der Waals surface area contributed by atoms with Gasteiger partial charge in [0.1, 0.15) is 11.7 Å². The Hall–Kier alpha value is -5.80. The second kappa shape index (κ2) is 19.1. The van der Waals surface area contributed by atoms with Crippen molar-refractivity contribution in [3.05, 3.63) is 35.7 Å². The quantitative estimate of drug-likeness (QED) is 0.0516. The number of amides is 2. The Morgan fingerprint density at radius 1 is 0.828 bits per heavy atom. The summed E-state index contributed by atoms with van der Waals surface area (Å²) in [5.41, 5.74) is 0.720. The summed E-state index contributed by atoms with van der Waals surface area (Å²) in [5, 5.41) is 16.8. The van der Waals surface area contributed by atoms with Gasteiger partial charge in [0.25, 0.3) is 11.5 Å². The lowest BCUT2D eigenvalue weighted by Gasteiger charge is -2.21. The maximum absolute atomic E-state index is 14.3. The van der Waals surface area contributed by atoms with Gasteiger partial charge in [0.05, 0.1) is 48.0 Å². The molecule has 4 aromatic heterocycles. The molecule has 0 spiro atoms. The van der Waals surface area contributed by atoms with Gasteiger partial charge >= 0.3 is 24.5 Å². The van der Waals surface area contributed by atoms with Crippen LogP contribution in [-0.4, -0.2) is 101 Å². The van der Waals surface area contributed by atoms with Crippen LogP contribution in [0.4, 0.5) is 58.9 Å². The van der Waals surface area contributed by atoms with Crippen LogP contribution in [0.2, 0.25) is 0 Å². The van der Waals surface area contributed by atoms with Gasteiger partial charge in [-0.25, -0.2) is 46.4 Å². The Kier molecular flexibility index (Phi) is 14.7. The second-order valence-corrected chi connectivity index (χ2v) is 18.7. The molecule has 2 amide bonds. The molecule has 4 N–H and O–H groups in total. The van der Waals surface area contributed by atoms with E-state index in [9.17, 15) is 52.8 Å².